The minimum atomic E-state index is -0.616. The number of ether oxygens (including phenoxy) is 1. The summed E-state index contributed by atoms with van der Waals surface area (Å²) in [6.45, 7) is 4.41. The molecule has 0 N–H and O–H groups in total. The number of aromatic nitrogens is 1. The standard InChI is InChI=1S/C12H16ClN3O4/c1-8(2)15(4-5-20-3)12(17)10-6-9(16(18)19)7-14-11(10)13/h6-8H,4-5H2,1-3H3. The lowest BCUT2D eigenvalue weighted by Crippen LogP contribution is -2.39. The third-order valence-corrected chi connectivity index (χ3v) is 2.99. The Morgan fingerprint density at radius 1 is 1.60 bits per heavy atom. The normalized spacial score (nSPS) is 10.7. The molecule has 0 atom stereocenters. The molecule has 0 saturated carbocycles. The zero-order valence-corrected chi connectivity index (χ0v) is 12.3. The predicted octanol–water partition coefficient (Wildman–Crippen LogP) is 2.14. The van der Waals surface area contributed by atoms with Gasteiger partial charge in [0, 0.05) is 25.8 Å². The molecule has 0 aliphatic carbocycles. The van der Waals surface area contributed by atoms with Crippen LogP contribution in [0.3, 0.4) is 0 Å². The van der Waals surface area contributed by atoms with Gasteiger partial charge in [-0.3, -0.25) is 14.9 Å². The monoisotopic (exact) mass is 301 g/mol. The Morgan fingerprint density at radius 3 is 2.75 bits per heavy atom. The third-order valence-electron chi connectivity index (χ3n) is 2.69. The molecule has 0 radical (unpaired) electrons. The number of nitro groups is 1. The number of nitrogens with zero attached hydrogens (tertiary/aromatic N) is 3. The van der Waals surface area contributed by atoms with E-state index in [1.54, 1.807) is 0 Å². The lowest BCUT2D eigenvalue weighted by atomic mass is 10.2. The van der Waals surface area contributed by atoms with Crippen LogP contribution in [-0.2, 0) is 4.74 Å². The largest absolute Gasteiger partial charge is 0.383 e. The van der Waals surface area contributed by atoms with Gasteiger partial charge in [-0.1, -0.05) is 11.6 Å². The summed E-state index contributed by atoms with van der Waals surface area (Å²) in [7, 11) is 1.53. The molecule has 1 heterocycles. The van der Waals surface area contributed by atoms with Crippen LogP contribution in [0.25, 0.3) is 0 Å². The molecule has 1 amide bonds. The van der Waals surface area contributed by atoms with Crippen LogP contribution in [0.4, 0.5) is 5.69 Å². The summed E-state index contributed by atoms with van der Waals surface area (Å²) in [4.78, 5) is 27.7. The molecule has 0 saturated heterocycles. The summed E-state index contributed by atoms with van der Waals surface area (Å²) in [5.74, 6) is -0.404. The average Bonchev–Trinajstić information content (AvgIpc) is 2.38. The van der Waals surface area contributed by atoms with Crippen LogP contribution in [0, 0.1) is 10.1 Å². The number of pyridine rings is 1. The summed E-state index contributed by atoms with van der Waals surface area (Å²) in [5.41, 5.74) is -0.251. The number of carbonyl (C=O) groups is 1. The highest BCUT2D eigenvalue weighted by Crippen LogP contribution is 2.21. The van der Waals surface area contributed by atoms with E-state index in [-0.39, 0.29) is 22.4 Å². The molecule has 1 aromatic rings. The number of halogens is 1. The van der Waals surface area contributed by atoms with E-state index in [1.165, 1.54) is 12.0 Å². The van der Waals surface area contributed by atoms with Crippen molar-refractivity contribution in [1.82, 2.24) is 9.88 Å². The third kappa shape index (κ3) is 3.88. The van der Waals surface area contributed by atoms with Crippen LogP contribution in [0.5, 0.6) is 0 Å². The second-order valence-electron chi connectivity index (χ2n) is 4.37. The fourth-order valence-corrected chi connectivity index (χ4v) is 1.81. The number of methoxy groups -OCH3 is 1. The molecule has 7 nitrogen and oxygen atoms in total. The van der Waals surface area contributed by atoms with Crippen molar-refractivity contribution in [3.63, 3.8) is 0 Å². The van der Waals surface area contributed by atoms with E-state index in [4.69, 9.17) is 16.3 Å². The first-order chi connectivity index (χ1) is 9.38. The number of carbonyl (C=O) groups excluding carboxylic acids is 1. The minimum Gasteiger partial charge on any atom is -0.383 e. The first-order valence-electron chi connectivity index (χ1n) is 5.98. The highest BCUT2D eigenvalue weighted by Gasteiger charge is 2.23. The molecule has 0 bridgehead atoms. The highest BCUT2D eigenvalue weighted by molar-refractivity contribution is 6.32. The predicted molar refractivity (Wildman–Crippen MR) is 73.9 cm³/mol. The van der Waals surface area contributed by atoms with E-state index >= 15 is 0 Å². The van der Waals surface area contributed by atoms with Crippen molar-refractivity contribution in [2.45, 2.75) is 19.9 Å². The molecule has 0 spiro atoms. The Labute approximate surface area is 121 Å². The van der Waals surface area contributed by atoms with E-state index in [1.807, 2.05) is 13.8 Å². The highest BCUT2D eigenvalue weighted by atomic mass is 35.5. The molecule has 0 aromatic carbocycles. The van der Waals surface area contributed by atoms with Crippen LogP contribution in [0.1, 0.15) is 24.2 Å². The average molecular weight is 302 g/mol. The zero-order valence-electron chi connectivity index (χ0n) is 11.5. The molecular weight excluding hydrogens is 286 g/mol. The second kappa shape index (κ2) is 7.16. The van der Waals surface area contributed by atoms with Gasteiger partial charge in [-0.05, 0) is 13.8 Å². The fourth-order valence-electron chi connectivity index (χ4n) is 1.63. The van der Waals surface area contributed by atoms with Gasteiger partial charge in [-0.2, -0.15) is 0 Å². The van der Waals surface area contributed by atoms with Gasteiger partial charge in [0.2, 0.25) is 0 Å². The van der Waals surface area contributed by atoms with Crippen molar-refractivity contribution in [1.29, 1.82) is 0 Å². The Kier molecular flexibility index (Phi) is 5.84. The smallest absolute Gasteiger partial charge is 0.288 e. The number of hydrogen-bond acceptors (Lipinski definition) is 5. The summed E-state index contributed by atoms with van der Waals surface area (Å²) in [5, 5.41) is 10.7. The SMILES string of the molecule is COCCN(C(=O)c1cc([N+](=O)[O-])cnc1Cl)C(C)C. The van der Waals surface area contributed by atoms with Gasteiger partial charge in [0.1, 0.15) is 11.3 Å². The van der Waals surface area contributed by atoms with Gasteiger partial charge in [-0.25, -0.2) is 4.98 Å². The summed E-state index contributed by atoms with van der Waals surface area (Å²) in [6, 6.07) is 1.05. The van der Waals surface area contributed by atoms with Gasteiger partial charge in [0.15, 0.2) is 0 Å². The van der Waals surface area contributed by atoms with Crippen LogP contribution >= 0.6 is 11.6 Å². The Morgan fingerprint density at radius 2 is 2.25 bits per heavy atom. The van der Waals surface area contributed by atoms with Crippen molar-refractivity contribution in [2.24, 2.45) is 0 Å². The molecule has 0 aliphatic heterocycles. The molecule has 0 fully saturated rings. The fraction of sp³-hybridized carbons (Fsp3) is 0.500. The summed E-state index contributed by atoms with van der Waals surface area (Å²) >= 11 is 5.87. The maximum absolute atomic E-state index is 12.4. The van der Waals surface area contributed by atoms with E-state index < -0.39 is 10.8 Å². The number of rotatable bonds is 6. The molecule has 20 heavy (non-hydrogen) atoms. The molecule has 0 aliphatic rings. The van der Waals surface area contributed by atoms with Gasteiger partial charge in [0.05, 0.1) is 17.1 Å². The molecule has 0 unspecified atom stereocenters. The van der Waals surface area contributed by atoms with Crippen molar-refractivity contribution in [2.75, 3.05) is 20.3 Å². The molecular formula is C12H16ClN3O4. The number of amides is 1. The van der Waals surface area contributed by atoms with E-state index in [2.05, 4.69) is 4.98 Å². The zero-order chi connectivity index (χ0) is 15.3. The van der Waals surface area contributed by atoms with E-state index in [0.717, 1.165) is 12.3 Å². The summed E-state index contributed by atoms with van der Waals surface area (Å²) < 4.78 is 4.95. The Bertz CT molecular complexity index is 507. The first kappa shape index (κ1) is 16.3. The van der Waals surface area contributed by atoms with Crippen molar-refractivity contribution < 1.29 is 14.5 Å². The van der Waals surface area contributed by atoms with Crippen LogP contribution in [-0.4, -0.2) is 47.0 Å². The molecule has 1 aromatic heterocycles. The lowest BCUT2D eigenvalue weighted by Gasteiger charge is -2.26. The van der Waals surface area contributed by atoms with Crippen molar-refractivity contribution >= 4 is 23.2 Å². The van der Waals surface area contributed by atoms with Crippen LogP contribution in [0.2, 0.25) is 5.15 Å². The quantitative estimate of drug-likeness (QED) is 0.456. The van der Waals surface area contributed by atoms with Gasteiger partial charge >= 0.3 is 0 Å². The maximum atomic E-state index is 12.4. The lowest BCUT2D eigenvalue weighted by molar-refractivity contribution is -0.385. The van der Waals surface area contributed by atoms with Crippen LogP contribution < -0.4 is 0 Å². The van der Waals surface area contributed by atoms with Gasteiger partial charge < -0.3 is 9.64 Å². The van der Waals surface area contributed by atoms with Crippen molar-refractivity contribution in [3.05, 3.63) is 33.1 Å². The van der Waals surface area contributed by atoms with E-state index in [9.17, 15) is 14.9 Å². The Balaban J connectivity index is 3.10. The van der Waals surface area contributed by atoms with E-state index in [0.29, 0.717) is 13.2 Å². The molecule has 8 heteroatoms. The first-order valence-corrected chi connectivity index (χ1v) is 6.36. The Hall–Kier alpha value is -1.73. The minimum absolute atomic E-state index is 0.0191. The second-order valence-corrected chi connectivity index (χ2v) is 4.73. The van der Waals surface area contributed by atoms with Gasteiger partial charge in [-0.15, -0.1) is 0 Å². The molecule has 110 valence electrons. The summed E-state index contributed by atoms with van der Waals surface area (Å²) in [6.07, 6.45) is 1.02. The van der Waals surface area contributed by atoms with Gasteiger partial charge in [0.25, 0.3) is 11.6 Å². The molecule has 1 rings (SSSR count). The van der Waals surface area contributed by atoms with Crippen molar-refractivity contribution in [3.8, 4) is 0 Å². The van der Waals surface area contributed by atoms with Crippen LogP contribution in [0.15, 0.2) is 12.3 Å². The topological polar surface area (TPSA) is 85.6 Å². The maximum Gasteiger partial charge on any atom is 0.288 e. The number of hydrogen-bond donors (Lipinski definition) is 0.